The van der Waals surface area contributed by atoms with E-state index in [4.69, 9.17) is 0 Å². The Morgan fingerprint density at radius 3 is 2.45 bits per heavy atom. The van der Waals surface area contributed by atoms with Gasteiger partial charge in [-0.05, 0) is 35.6 Å². The Labute approximate surface area is 122 Å². The summed E-state index contributed by atoms with van der Waals surface area (Å²) in [6.45, 7) is 2.09. The second-order valence-corrected chi connectivity index (χ2v) is 5.67. The lowest BCUT2D eigenvalue weighted by Gasteiger charge is -2.12. The topological polar surface area (TPSA) is 0 Å². The fourth-order valence-electron chi connectivity index (χ4n) is 2.53. The Morgan fingerprint density at radius 2 is 1.70 bits per heavy atom. The van der Waals surface area contributed by atoms with Gasteiger partial charge in [-0.25, -0.2) is 4.39 Å². The third-order valence-corrected chi connectivity index (χ3v) is 4.34. The molecular formula is C18H15FS. The molecule has 100 valence electrons. The van der Waals surface area contributed by atoms with Crippen molar-refractivity contribution in [2.45, 2.75) is 11.8 Å². The summed E-state index contributed by atoms with van der Waals surface area (Å²) in [7, 11) is 0. The van der Waals surface area contributed by atoms with Crippen LogP contribution in [0.2, 0.25) is 0 Å². The van der Waals surface area contributed by atoms with Gasteiger partial charge in [0.1, 0.15) is 5.82 Å². The Kier molecular flexibility index (Phi) is 3.49. The molecule has 0 fully saturated rings. The van der Waals surface area contributed by atoms with Gasteiger partial charge in [0.05, 0.1) is 0 Å². The molecule has 0 radical (unpaired) electrons. The molecule has 2 heteroatoms. The molecule has 3 rings (SSSR count). The zero-order valence-corrected chi connectivity index (χ0v) is 12.3. The van der Waals surface area contributed by atoms with Crippen LogP contribution in [0.1, 0.15) is 5.56 Å². The van der Waals surface area contributed by atoms with Crippen LogP contribution < -0.4 is 0 Å². The van der Waals surface area contributed by atoms with Crippen molar-refractivity contribution >= 4 is 22.5 Å². The lowest BCUT2D eigenvalue weighted by atomic mass is 9.99. The van der Waals surface area contributed by atoms with Gasteiger partial charge in [0.15, 0.2) is 0 Å². The summed E-state index contributed by atoms with van der Waals surface area (Å²) < 4.78 is 14.0. The SMILES string of the molecule is CSc1c(-c2ccccc2F)ccc2cc(C)ccc12. The second-order valence-electron chi connectivity index (χ2n) is 4.85. The molecule has 3 aromatic rings. The first kappa shape index (κ1) is 13.2. The third kappa shape index (κ3) is 2.20. The second kappa shape index (κ2) is 5.29. The highest BCUT2D eigenvalue weighted by Gasteiger charge is 2.11. The Morgan fingerprint density at radius 1 is 0.900 bits per heavy atom. The molecule has 3 aromatic carbocycles. The molecule has 0 N–H and O–H groups in total. The molecule has 0 saturated carbocycles. The number of hydrogen-bond acceptors (Lipinski definition) is 1. The van der Waals surface area contributed by atoms with Gasteiger partial charge >= 0.3 is 0 Å². The first-order chi connectivity index (χ1) is 9.70. The smallest absolute Gasteiger partial charge is 0.131 e. The molecule has 0 nitrogen and oxygen atoms in total. The molecule has 20 heavy (non-hydrogen) atoms. The average Bonchev–Trinajstić information content (AvgIpc) is 2.46. The molecule has 0 saturated heterocycles. The molecule has 0 aliphatic heterocycles. The maximum absolute atomic E-state index is 14.0. The predicted octanol–water partition coefficient (Wildman–Crippen LogP) is 5.68. The number of benzene rings is 3. The van der Waals surface area contributed by atoms with Crippen molar-refractivity contribution in [2.24, 2.45) is 0 Å². The largest absolute Gasteiger partial charge is 0.206 e. The molecule has 0 heterocycles. The van der Waals surface area contributed by atoms with E-state index in [1.165, 1.54) is 22.4 Å². The van der Waals surface area contributed by atoms with Crippen LogP contribution in [0.15, 0.2) is 59.5 Å². The predicted molar refractivity (Wildman–Crippen MR) is 85.9 cm³/mol. The van der Waals surface area contributed by atoms with E-state index in [-0.39, 0.29) is 5.82 Å². The van der Waals surface area contributed by atoms with Crippen LogP contribution in [0, 0.1) is 12.7 Å². The first-order valence-corrected chi connectivity index (χ1v) is 7.75. The fraction of sp³-hybridized carbons (Fsp3) is 0.111. The van der Waals surface area contributed by atoms with Crippen LogP contribution in [-0.2, 0) is 0 Å². The van der Waals surface area contributed by atoms with Gasteiger partial charge in [0, 0.05) is 10.5 Å². The Balaban J connectivity index is 2.32. The molecule has 0 aromatic heterocycles. The number of hydrogen-bond donors (Lipinski definition) is 0. The van der Waals surface area contributed by atoms with Gasteiger partial charge < -0.3 is 0 Å². The van der Waals surface area contributed by atoms with E-state index >= 15 is 0 Å². The molecule has 0 atom stereocenters. The quantitative estimate of drug-likeness (QED) is 0.545. The van der Waals surface area contributed by atoms with E-state index in [1.807, 2.05) is 24.5 Å². The standard InChI is InChI=1S/C18H15FS/c1-12-7-9-14-13(11-12)8-10-16(18(14)20-2)15-5-3-4-6-17(15)19/h3-11H,1-2H3. The molecule has 0 bridgehead atoms. The minimum atomic E-state index is -0.172. The van der Waals surface area contributed by atoms with Crippen LogP contribution in [0.4, 0.5) is 4.39 Å². The van der Waals surface area contributed by atoms with Crippen LogP contribution in [0.5, 0.6) is 0 Å². The number of rotatable bonds is 2. The van der Waals surface area contributed by atoms with Crippen molar-refractivity contribution < 1.29 is 4.39 Å². The van der Waals surface area contributed by atoms with Crippen molar-refractivity contribution in [3.8, 4) is 11.1 Å². The van der Waals surface area contributed by atoms with Crippen LogP contribution in [0.3, 0.4) is 0 Å². The Hall–Kier alpha value is -1.80. The summed E-state index contributed by atoms with van der Waals surface area (Å²) in [5, 5.41) is 2.39. The molecular weight excluding hydrogens is 267 g/mol. The summed E-state index contributed by atoms with van der Waals surface area (Å²) in [6, 6.07) is 17.4. The lowest BCUT2D eigenvalue weighted by Crippen LogP contribution is -1.88. The van der Waals surface area contributed by atoms with Crippen molar-refractivity contribution in [3.63, 3.8) is 0 Å². The zero-order chi connectivity index (χ0) is 14.1. The van der Waals surface area contributed by atoms with E-state index in [0.717, 1.165) is 10.5 Å². The van der Waals surface area contributed by atoms with E-state index in [2.05, 4.69) is 31.2 Å². The summed E-state index contributed by atoms with van der Waals surface area (Å²) in [6.07, 6.45) is 2.04. The molecule has 0 aliphatic carbocycles. The number of halogens is 1. The highest BCUT2D eigenvalue weighted by atomic mass is 32.2. The monoisotopic (exact) mass is 282 g/mol. The summed E-state index contributed by atoms with van der Waals surface area (Å²) in [4.78, 5) is 1.13. The fourth-order valence-corrected chi connectivity index (χ4v) is 3.34. The minimum Gasteiger partial charge on any atom is -0.206 e. The number of thioether (sulfide) groups is 1. The number of aryl methyl sites for hydroxylation is 1. The summed E-state index contributed by atoms with van der Waals surface area (Å²) >= 11 is 1.67. The van der Waals surface area contributed by atoms with Crippen molar-refractivity contribution in [1.82, 2.24) is 0 Å². The van der Waals surface area contributed by atoms with E-state index in [1.54, 1.807) is 17.8 Å². The van der Waals surface area contributed by atoms with E-state index in [9.17, 15) is 4.39 Å². The van der Waals surface area contributed by atoms with Gasteiger partial charge in [-0.1, -0.05) is 54.1 Å². The Bertz CT molecular complexity index is 777. The van der Waals surface area contributed by atoms with Crippen LogP contribution in [-0.4, -0.2) is 6.26 Å². The molecule has 0 spiro atoms. The maximum Gasteiger partial charge on any atom is 0.131 e. The maximum atomic E-state index is 14.0. The van der Waals surface area contributed by atoms with Crippen LogP contribution in [0.25, 0.3) is 21.9 Å². The highest BCUT2D eigenvalue weighted by molar-refractivity contribution is 7.99. The zero-order valence-electron chi connectivity index (χ0n) is 11.5. The van der Waals surface area contributed by atoms with E-state index < -0.39 is 0 Å². The van der Waals surface area contributed by atoms with Gasteiger partial charge in [0.2, 0.25) is 0 Å². The lowest BCUT2D eigenvalue weighted by molar-refractivity contribution is 0.631. The van der Waals surface area contributed by atoms with Gasteiger partial charge in [-0.15, -0.1) is 11.8 Å². The van der Waals surface area contributed by atoms with Gasteiger partial charge in [0.25, 0.3) is 0 Å². The van der Waals surface area contributed by atoms with E-state index in [0.29, 0.717) is 5.56 Å². The van der Waals surface area contributed by atoms with Crippen molar-refractivity contribution in [1.29, 1.82) is 0 Å². The van der Waals surface area contributed by atoms with Gasteiger partial charge in [-0.3, -0.25) is 0 Å². The normalized spacial score (nSPS) is 10.9. The summed E-state index contributed by atoms with van der Waals surface area (Å²) in [5.41, 5.74) is 2.87. The average molecular weight is 282 g/mol. The molecule has 0 unspecified atom stereocenters. The van der Waals surface area contributed by atoms with Gasteiger partial charge in [-0.2, -0.15) is 0 Å². The van der Waals surface area contributed by atoms with Crippen molar-refractivity contribution in [2.75, 3.05) is 6.26 Å². The van der Waals surface area contributed by atoms with Crippen molar-refractivity contribution in [3.05, 3.63) is 66.0 Å². The van der Waals surface area contributed by atoms with Crippen LogP contribution >= 0.6 is 11.8 Å². The molecule has 0 aliphatic rings. The molecule has 0 amide bonds. The highest BCUT2D eigenvalue weighted by Crippen LogP contribution is 2.37. The minimum absolute atomic E-state index is 0.172. The summed E-state index contributed by atoms with van der Waals surface area (Å²) in [5.74, 6) is -0.172. The third-order valence-electron chi connectivity index (χ3n) is 3.49. The first-order valence-electron chi connectivity index (χ1n) is 6.53. The number of fused-ring (bicyclic) bond motifs is 1.